The average molecular weight is 267 g/mol. The van der Waals surface area contributed by atoms with Crippen LogP contribution in [-0.4, -0.2) is 0 Å². The van der Waals surface area contributed by atoms with Gasteiger partial charge in [0.25, 0.3) is 0 Å². The predicted molar refractivity (Wildman–Crippen MR) is 72.3 cm³/mol. The third-order valence-corrected chi connectivity index (χ3v) is 2.96. The Morgan fingerprint density at radius 3 is 2.59 bits per heavy atom. The molecular formula is C14H12Cl2O. The highest BCUT2D eigenvalue weighted by molar-refractivity contribution is 6.30. The summed E-state index contributed by atoms with van der Waals surface area (Å²) in [5, 5.41) is 0.664. The molecule has 0 heterocycles. The van der Waals surface area contributed by atoms with Gasteiger partial charge in [-0.05, 0) is 42.3 Å². The molecule has 0 radical (unpaired) electrons. The molecule has 0 amide bonds. The summed E-state index contributed by atoms with van der Waals surface area (Å²) < 4.78 is 5.76. The lowest BCUT2D eigenvalue weighted by Crippen LogP contribution is -1.89. The van der Waals surface area contributed by atoms with Gasteiger partial charge in [0.1, 0.15) is 11.5 Å². The van der Waals surface area contributed by atoms with Crippen LogP contribution in [0.2, 0.25) is 5.02 Å². The van der Waals surface area contributed by atoms with Crippen LogP contribution in [0.4, 0.5) is 0 Å². The van der Waals surface area contributed by atoms with E-state index in [-0.39, 0.29) is 0 Å². The van der Waals surface area contributed by atoms with Gasteiger partial charge in [0, 0.05) is 10.9 Å². The van der Waals surface area contributed by atoms with E-state index < -0.39 is 0 Å². The molecule has 0 saturated carbocycles. The predicted octanol–water partition coefficient (Wildman–Crippen LogP) is 5.18. The van der Waals surface area contributed by atoms with E-state index in [4.69, 9.17) is 27.9 Å². The van der Waals surface area contributed by atoms with E-state index in [1.807, 2.05) is 43.3 Å². The fourth-order valence-corrected chi connectivity index (χ4v) is 1.91. The number of ether oxygens (including phenoxy) is 1. The molecule has 1 nitrogen and oxygen atoms in total. The van der Waals surface area contributed by atoms with Crippen LogP contribution < -0.4 is 4.74 Å². The third-order valence-electron chi connectivity index (χ3n) is 2.42. The number of alkyl halides is 1. The summed E-state index contributed by atoms with van der Waals surface area (Å²) in [7, 11) is 0. The van der Waals surface area contributed by atoms with Gasteiger partial charge >= 0.3 is 0 Å². The lowest BCUT2D eigenvalue weighted by molar-refractivity contribution is 0.479. The number of hydrogen-bond donors (Lipinski definition) is 0. The molecule has 0 saturated heterocycles. The van der Waals surface area contributed by atoms with Gasteiger partial charge in [0.15, 0.2) is 0 Å². The Kier molecular flexibility index (Phi) is 3.93. The molecule has 0 aliphatic heterocycles. The molecule has 0 bridgehead atoms. The summed E-state index contributed by atoms with van der Waals surface area (Å²) in [4.78, 5) is 0. The van der Waals surface area contributed by atoms with E-state index in [0.29, 0.717) is 10.9 Å². The van der Waals surface area contributed by atoms with Crippen molar-refractivity contribution in [2.45, 2.75) is 12.8 Å². The Hall–Kier alpha value is -1.18. The largest absolute Gasteiger partial charge is 0.457 e. The first kappa shape index (κ1) is 12.3. The van der Waals surface area contributed by atoms with E-state index >= 15 is 0 Å². The van der Waals surface area contributed by atoms with Crippen molar-refractivity contribution in [3.63, 3.8) is 0 Å². The van der Waals surface area contributed by atoms with Crippen molar-refractivity contribution in [1.29, 1.82) is 0 Å². The summed E-state index contributed by atoms with van der Waals surface area (Å²) in [6, 6.07) is 13.2. The highest BCUT2D eigenvalue weighted by Crippen LogP contribution is 2.27. The Morgan fingerprint density at radius 2 is 1.94 bits per heavy atom. The second kappa shape index (κ2) is 5.44. The minimum absolute atomic E-state index is 0.512. The van der Waals surface area contributed by atoms with Gasteiger partial charge in [-0.1, -0.05) is 29.8 Å². The van der Waals surface area contributed by atoms with Crippen molar-refractivity contribution in [3.05, 3.63) is 58.6 Å². The summed E-state index contributed by atoms with van der Waals surface area (Å²) in [5.41, 5.74) is 2.14. The molecule has 0 N–H and O–H groups in total. The van der Waals surface area contributed by atoms with E-state index in [0.717, 1.165) is 22.6 Å². The van der Waals surface area contributed by atoms with E-state index in [2.05, 4.69) is 0 Å². The van der Waals surface area contributed by atoms with Crippen LogP contribution in [0.25, 0.3) is 0 Å². The van der Waals surface area contributed by atoms with Gasteiger partial charge in [-0.2, -0.15) is 0 Å². The smallest absolute Gasteiger partial charge is 0.130 e. The zero-order chi connectivity index (χ0) is 12.3. The van der Waals surface area contributed by atoms with Crippen molar-refractivity contribution in [1.82, 2.24) is 0 Å². The van der Waals surface area contributed by atoms with E-state index in [9.17, 15) is 0 Å². The van der Waals surface area contributed by atoms with Crippen molar-refractivity contribution in [2.75, 3.05) is 0 Å². The monoisotopic (exact) mass is 266 g/mol. The first-order valence-corrected chi connectivity index (χ1v) is 6.19. The molecule has 2 rings (SSSR count). The highest BCUT2D eigenvalue weighted by Gasteiger charge is 2.03. The molecule has 0 spiro atoms. The van der Waals surface area contributed by atoms with Crippen LogP contribution in [0.3, 0.4) is 0 Å². The van der Waals surface area contributed by atoms with Crippen LogP contribution in [0.1, 0.15) is 11.1 Å². The molecular weight excluding hydrogens is 255 g/mol. The van der Waals surface area contributed by atoms with Crippen LogP contribution in [-0.2, 0) is 5.88 Å². The minimum atomic E-state index is 0.512. The van der Waals surface area contributed by atoms with Crippen molar-refractivity contribution < 1.29 is 4.74 Å². The standard InChI is InChI=1S/C14H12Cl2O/c1-10-7-11(9-15)5-6-14(10)17-13-4-2-3-12(16)8-13/h2-8H,9H2,1H3. The van der Waals surface area contributed by atoms with Crippen LogP contribution in [0, 0.1) is 6.92 Å². The van der Waals surface area contributed by atoms with Gasteiger partial charge in [-0.3, -0.25) is 0 Å². The topological polar surface area (TPSA) is 9.23 Å². The summed E-state index contributed by atoms with van der Waals surface area (Å²) >= 11 is 11.7. The quantitative estimate of drug-likeness (QED) is 0.696. The Bertz CT molecular complexity index is 523. The molecule has 88 valence electrons. The van der Waals surface area contributed by atoms with E-state index in [1.165, 1.54) is 0 Å². The molecule has 0 aromatic heterocycles. The molecule has 3 heteroatoms. The molecule has 2 aromatic rings. The van der Waals surface area contributed by atoms with Gasteiger partial charge in [0.05, 0.1) is 0 Å². The lowest BCUT2D eigenvalue weighted by atomic mass is 10.1. The molecule has 0 unspecified atom stereocenters. The fraction of sp³-hybridized carbons (Fsp3) is 0.143. The molecule has 0 fully saturated rings. The Labute approximate surface area is 111 Å². The van der Waals surface area contributed by atoms with Gasteiger partial charge < -0.3 is 4.74 Å². The maximum absolute atomic E-state index is 5.90. The molecule has 0 aliphatic carbocycles. The molecule has 0 atom stereocenters. The highest BCUT2D eigenvalue weighted by atomic mass is 35.5. The Morgan fingerprint density at radius 1 is 1.12 bits per heavy atom. The average Bonchev–Trinajstić information content (AvgIpc) is 2.32. The summed E-state index contributed by atoms with van der Waals surface area (Å²) in [6.45, 7) is 2.00. The minimum Gasteiger partial charge on any atom is -0.457 e. The number of aryl methyl sites for hydroxylation is 1. The summed E-state index contributed by atoms with van der Waals surface area (Å²) in [5.74, 6) is 2.07. The first-order valence-electron chi connectivity index (χ1n) is 5.28. The van der Waals surface area contributed by atoms with Crippen LogP contribution in [0.15, 0.2) is 42.5 Å². The van der Waals surface area contributed by atoms with Gasteiger partial charge in [0.2, 0.25) is 0 Å². The zero-order valence-corrected chi connectivity index (χ0v) is 10.9. The normalized spacial score (nSPS) is 10.3. The lowest BCUT2D eigenvalue weighted by Gasteiger charge is -2.09. The van der Waals surface area contributed by atoms with Crippen molar-refractivity contribution in [2.24, 2.45) is 0 Å². The summed E-state index contributed by atoms with van der Waals surface area (Å²) in [6.07, 6.45) is 0. The number of hydrogen-bond acceptors (Lipinski definition) is 1. The third kappa shape index (κ3) is 3.15. The number of halogens is 2. The second-order valence-corrected chi connectivity index (χ2v) is 4.50. The van der Waals surface area contributed by atoms with Crippen LogP contribution >= 0.6 is 23.2 Å². The maximum Gasteiger partial charge on any atom is 0.130 e. The molecule has 2 aromatic carbocycles. The molecule has 17 heavy (non-hydrogen) atoms. The zero-order valence-electron chi connectivity index (χ0n) is 9.41. The van der Waals surface area contributed by atoms with Gasteiger partial charge in [-0.15, -0.1) is 11.6 Å². The van der Waals surface area contributed by atoms with Crippen molar-refractivity contribution in [3.8, 4) is 11.5 Å². The second-order valence-electron chi connectivity index (χ2n) is 3.79. The maximum atomic E-state index is 5.90. The molecule has 0 aliphatic rings. The number of benzene rings is 2. The Balaban J connectivity index is 2.24. The van der Waals surface area contributed by atoms with E-state index in [1.54, 1.807) is 6.07 Å². The van der Waals surface area contributed by atoms with Crippen LogP contribution in [0.5, 0.6) is 11.5 Å². The number of rotatable bonds is 3. The fourth-order valence-electron chi connectivity index (χ4n) is 1.57. The SMILES string of the molecule is Cc1cc(CCl)ccc1Oc1cccc(Cl)c1. The first-order chi connectivity index (χ1) is 8.19. The van der Waals surface area contributed by atoms with Crippen molar-refractivity contribution >= 4 is 23.2 Å². The van der Waals surface area contributed by atoms with Gasteiger partial charge in [-0.25, -0.2) is 0 Å².